The Labute approximate surface area is 274 Å². The number of aliphatic hydroxyl groups is 1. The summed E-state index contributed by atoms with van der Waals surface area (Å²) < 4.78 is 10.7. The summed E-state index contributed by atoms with van der Waals surface area (Å²) in [6.07, 6.45) is 31.0. The van der Waals surface area contributed by atoms with Gasteiger partial charge in [0.25, 0.3) is 0 Å². The molecule has 0 aromatic carbocycles. The third-order valence-electron chi connectivity index (χ3n) is 8.28. The highest BCUT2D eigenvalue weighted by atomic mass is 16.5. The van der Waals surface area contributed by atoms with E-state index in [1.54, 1.807) is 7.11 Å². The van der Waals surface area contributed by atoms with E-state index in [-0.39, 0.29) is 18.7 Å². The van der Waals surface area contributed by atoms with Gasteiger partial charge in [-0.15, -0.1) is 0 Å². The highest BCUT2D eigenvalue weighted by Crippen LogP contribution is 2.18. The normalized spacial score (nSPS) is 11.2. The van der Waals surface area contributed by atoms with Crippen LogP contribution in [0.1, 0.15) is 188 Å². The number of nitrogens with zero attached hydrogens (tertiary/aromatic N) is 1. The largest absolute Gasteiger partial charge is 0.462 e. The molecule has 0 aliphatic carbocycles. The van der Waals surface area contributed by atoms with E-state index < -0.39 is 0 Å². The molecule has 6 nitrogen and oxygen atoms in total. The zero-order valence-electron chi connectivity index (χ0n) is 30.1. The molecule has 0 aromatic rings. The van der Waals surface area contributed by atoms with E-state index in [1.807, 2.05) is 0 Å². The van der Waals surface area contributed by atoms with Gasteiger partial charge in [0.1, 0.15) is 12.4 Å². The van der Waals surface area contributed by atoms with Gasteiger partial charge in [0.05, 0.1) is 6.61 Å². The third kappa shape index (κ3) is 37.2. The SMILES string of the molecule is CCCCCCCCC(CCCCCCCC)OC(=O)CCCCN(CCO)CCCCCCCCCC=O.CCCOC. The number of hydrogen-bond acceptors (Lipinski definition) is 6. The number of hydrogen-bond donors (Lipinski definition) is 1. The Morgan fingerprint density at radius 2 is 1.11 bits per heavy atom. The average molecular weight is 628 g/mol. The van der Waals surface area contributed by atoms with Crippen LogP contribution in [-0.4, -0.2) is 68.3 Å². The number of esters is 1. The first-order valence-electron chi connectivity index (χ1n) is 19.0. The lowest BCUT2D eigenvalue weighted by molar-refractivity contribution is -0.150. The lowest BCUT2D eigenvalue weighted by Crippen LogP contribution is -2.29. The van der Waals surface area contributed by atoms with E-state index in [4.69, 9.17) is 9.47 Å². The quantitative estimate of drug-likeness (QED) is 0.0435. The first kappa shape index (κ1) is 45.1. The molecule has 0 heterocycles. The lowest BCUT2D eigenvalue weighted by atomic mass is 10.0. The summed E-state index contributed by atoms with van der Waals surface area (Å²) in [5.74, 6) is -0.0150. The molecule has 0 atom stereocenters. The van der Waals surface area contributed by atoms with Crippen molar-refractivity contribution in [1.29, 1.82) is 0 Å². The molecule has 0 amide bonds. The van der Waals surface area contributed by atoms with E-state index in [0.717, 1.165) is 77.3 Å². The van der Waals surface area contributed by atoms with Crippen LogP contribution in [0.2, 0.25) is 0 Å². The van der Waals surface area contributed by atoms with E-state index in [1.165, 1.54) is 103 Å². The topological polar surface area (TPSA) is 76.1 Å². The van der Waals surface area contributed by atoms with Crippen LogP contribution in [0, 0.1) is 0 Å². The number of rotatable bonds is 34. The first-order chi connectivity index (χ1) is 21.6. The van der Waals surface area contributed by atoms with Crippen molar-refractivity contribution in [2.45, 2.75) is 194 Å². The maximum Gasteiger partial charge on any atom is 0.306 e. The van der Waals surface area contributed by atoms with E-state index in [9.17, 15) is 14.7 Å². The monoisotopic (exact) mass is 628 g/mol. The van der Waals surface area contributed by atoms with Gasteiger partial charge in [0.2, 0.25) is 0 Å². The Hall–Kier alpha value is -0.980. The fourth-order valence-electron chi connectivity index (χ4n) is 5.54. The number of aliphatic hydroxyl groups excluding tert-OH is 1. The number of methoxy groups -OCH3 is 1. The summed E-state index contributed by atoms with van der Waals surface area (Å²) in [4.78, 5) is 25.3. The Bertz CT molecular complexity index is 541. The Kier molecular flexibility index (Phi) is 41.1. The predicted octanol–water partition coefficient (Wildman–Crippen LogP) is 10.2. The van der Waals surface area contributed by atoms with Gasteiger partial charge in [-0.25, -0.2) is 0 Å². The van der Waals surface area contributed by atoms with Gasteiger partial charge < -0.3 is 24.3 Å². The van der Waals surface area contributed by atoms with Gasteiger partial charge in [-0.3, -0.25) is 4.79 Å². The molecule has 0 unspecified atom stereocenters. The number of unbranched alkanes of at least 4 members (excludes halogenated alkanes) is 18. The third-order valence-corrected chi connectivity index (χ3v) is 8.28. The summed E-state index contributed by atoms with van der Waals surface area (Å²) in [7, 11) is 1.71. The van der Waals surface area contributed by atoms with Crippen LogP contribution in [0.3, 0.4) is 0 Å². The van der Waals surface area contributed by atoms with Gasteiger partial charge in [0.15, 0.2) is 0 Å². The van der Waals surface area contributed by atoms with Gasteiger partial charge in [-0.2, -0.15) is 0 Å². The van der Waals surface area contributed by atoms with Crippen LogP contribution < -0.4 is 0 Å². The fourth-order valence-corrected chi connectivity index (χ4v) is 5.54. The minimum Gasteiger partial charge on any atom is -0.462 e. The van der Waals surface area contributed by atoms with Crippen LogP contribution in [-0.2, 0) is 19.1 Å². The zero-order chi connectivity index (χ0) is 32.8. The molecule has 1 N–H and O–H groups in total. The van der Waals surface area contributed by atoms with Crippen LogP contribution in [0.25, 0.3) is 0 Å². The second kappa shape index (κ2) is 40.0. The van der Waals surface area contributed by atoms with Crippen molar-refractivity contribution >= 4 is 12.3 Å². The molecule has 0 aromatic heterocycles. The minimum atomic E-state index is -0.0150. The zero-order valence-corrected chi connectivity index (χ0v) is 30.1. The van der Waals surface area contributed by atoms with Gasteiger partial charge in [0, 0.05) is 33.1 Å². The van der Waals surface area contributed by atoms with Crippen molar-refractivity contribution < 1.29 is 24.2 Å². The molecule has 0 fully saturated rings. The molecule has 0 bridgehead atoms. The summed E-state index contributed by atoms with van der Waals surface area (Å²) in [5.41, 5.74) is 0. The standard InChI is InChI=1S/C34H67NO4.C4H10O/c1-3-5-7-9-15-19-25-33(26-20-16-10-8-6-4-2)39-34(38)27-21-23-29-35(30-32-37)28-22-17-13-11-12-14-18-24-31-36;1-3-4-5-2/h31,33,37H,3-30,32H2,1-2H3;3-4H2,1-2H3. The van der Waals surface area contributed by atoms with Crippen molar-refractivity contribution in [2.24, 2.45) is 0 Å². The molecule has 0 radical (unpaired) electrons. The van der Waals surface area contributed by atoms with Crippen molar-refractivity contribution in [2.75, 3.05) is 40.0 Å². The maximum atomic E-state index is 12.6. The van der Waals surface area contributed by atoms with Gasteiger partial charge in [-0.05, 0) is 70.9 Å². The van der Waals surface area contributed by atoms with Crippen molar-refractivity contribution in [3.05, 3.63) is 0 Å². The Morgan fingerprint density at radius 1 is 0.636 bits per heavy atom. The second-order valence-corrected chi connectivity index (χ2v) is 12.7. The van der Waals surface area contributed by atoms with Crippen molar-refractivity contribution in [1.82, 2.24) is 4.90 Å². The minimum absolute atomic E-state index is 0.0150. The van der Waals surface area contributed by atoms with Crippen LogP contribution in [0.4, 0.5) is 0 Å². The van der Waals surface area contributed by atoms with Crippen LogP contribution in [0.15, 0.2) is 0 Å². The molecule has 44 heavy (non-hydrogen) atoms. The molecule has 0 spiro atoms. The van der Waals surface area contributed by atoms with Gasteiger partial charge in [-0.1, -0.05) is 117 Å². The van der Waals surface area contributed by atoms with E-state index >= 15 is 0 Å². The molecular formula is C38H77NO5. The summed E-state index contributed by atoms with van der Waals surface area (Å²) in [6, 6.07) is 0. The molecule has 0 aliphatic rings. The number of carbonyl (C=O) groups is 2. The van der Waals surface area contributed by atoms with Crippen molar-refractivity contribution in [3.8, 4) is 0 Å². The molecule has 6 heteroatoms. The summed E-state index contributed by atoms with van der Waals surface area (Å²) in [5, 5.41) is 9.45. The molecule has 0 saturated heterocycles. The summed E-state index contributed by atoms with van der Waals surface area (Å²) >= 11 is 0. The van der Waals surface area contributed by atoms with E-state index in [0.29, 0.717) is 19.4 Å². The highest BCUT2D eigenvalue weighted by molar-refractivity contribution is 5.69. The fraction of sp³-hybridized carbons (Fsp3) is 0.947. The van der Waals surface area contributed by atoms with E-state index in [2.05, 4.69) is 25.7 Å². The van der Waals surface area contributed by atoms with Gasteiger partial charge >= 0.3 is 5.97 Å². The molecule has 0 aliphatic heterocycles. The first-order valence-corrected chi connectivity index (χ1v) is 19.0. The van der Waals surface area contributed by atoms with Crippen LogP contribution in [0.5, 0.6) is 0 Å². The number of carbonyl (C=O) groups excluding carboxylic acids is 2. The molecule has 264 valence electrons. The van der Waals surface area contributed by atoms with Crippen molar-refractivity contribution in [3.63, 3.8) is 0 Å². The highest BCUT2D eigenvalue weighted by Gasteiger charge is 2.14. The van der Waals surface area contributed by atoms with Crippen LogP contribution >= 0.6 is 0 Å². The molecule has 0 saturated carbocycles. The predicted molar refractivity (Wildman–Crippen MR) is 188 cm³/mol. The number of aldehydes is 1. The Morgan fingerprint density at radius 3 is 1.57 bits per heavy atom. The Balaban J connectivity index is 0. The molecule has 0 rings (SSSR count). The number of ether oxygens (including phenoxy) is 2. The second-order valence-electron chi connectivity index (χ2n) is 12.7. The average Bonchev–Trinajstić information content (AvgIpc) is 3.02. The summed E-state index contributed by atoms with van der Waals surface area (Å²) in [6.45, 7) is 10.4. The smallest absolute Gasteiger partial charge is 0.306 e. The maximum absolute atomic E-state index is 12.6. The lowest BCUT2D eigenvalue weighted by Gasteiger charge is -2.21. The molecular weight excluding hydrogens is 550 g/mol.